The zero-order valence-electron chi connectivity index (χ0n) is 14.1. The highest BCUT2D eigenvalue weighted by Gasteiger charge is 2.48. The van der Waals surface area contributed by atoms with Gasteiger partial charge in [0.25, 0.3) is 0 Å². The van der Waals surface area contributed by atoms with Crippen LogP contribution in [0.3, 0.4) is 0 Å². The molecule has 6 heteroatoms. The van der Waals surface area contributed by atoms with Gasteiger partial charge in [0.1, 0.15) is 0 Å². The van der Waals surface area contributed by atoms with Crippen LogP contribution in [0.5, 0.6) is 0 Å². The van der Waals surface area contributed by atoms with Gasteiger partial charge in [-0.3, -0.25) is 9.48 Å². The number of carbonyl (C=O) groups excluding carboxylic acids is 1. The molecule has 0 saturated carbocycles. The first-order chi connectivity index (χ1) is 10.2. The second kappa shape index (κ2) is 5.06. The van der Waals surface area contributed by atoms with Crippen molar-refractivity contribution in [1.82, 2.24) is 15.1 Å². The third kappa shape index (κ3) is 2.77. The third-order valence-electron chi connectivity index (χ3n) is 4.69. The maximum absolute atomic E-state index is 12.7. The van der Waals surface area contributed by atoms with Crippen molar-refractivity contribution in [2.75, 3.05) is 11.4 Å². The standard InChI is InChI=1S/C16H26N4O2/c1-15(2)8-13(16(3,4)22-15)18-12-6-7-20(14(12)21)11-9-17-19(5)10-11/h9-10,12-13,18H,6-8H2,1-5H3/t12-,13+/m1/s1. The van der Waals surface area contributed by atoms with Crippen molar-refractivity contribution in [2.24, 2.45) is 7.05 Å². The van der Waals surface area contributed by atoms with E-state index in [9.17, 15) is 4.79 Å². The minimum absolute atomic E-state index is 0.133. The number of nitrogens with zero attached hydrogens (tertiary/aromatic N) is 3. The number of ether oxygens (including phenoxy) is 1. The van der Waals surface area contributed by atoms with E-state index in [1.165, 1.54) is 0 Å². The predicted octanol–water partition coefficient (Wildman–Crippen LogP) is 1.46. The molecule has 0 spiro atoms. The zero-order chi connectivity index (χ0) is 16.1. The van der Waals surface area contributed by atoms with Crippen LogP contribution < -0.4 is 10.2 Å². The highest BCUT2D eigenvalue weighted by atomic mass is 16.5. The van der Waals surface area contributed by atoms with Gasteiger partial charge < -0.3 is 15.0 Å². The smallest absolute Gasteiger partial charge is 0.244 e. The molecule has 1 aromatic heterocycles. The van der Waals surface area contributed by atoms with Gasteiger partial charge in [-0.15, -0.1) is 0 Å². The molecule has 2 saturated heterocycles. The first-order valence-electron chi connectivity index (χ1n) is 7.94. The van der Waals surface area contributed by atoms with E-state index < -0.39 is 0 Å². The Morgan fingerprint density at radius 3 is 2.64 bits per heavy atom. The van der Waals surface area contributed by atoms with Crippen molar-refractivity contribution in [3.05, 3.63) is 12.4 Å². The molecule has 2 fully saturated rings. The summed E-state index contributed by atoms with van der Waals surface area (Å²) in [6.07, 6.45) is 5.36. The van der Waals surface area contributed by atoms with E-state index in [0.717, 1.165) is 25.1 Å². The molecular weight excluding hydrogens is 280 g/mol. The normalized spacial score (nSPS) is 30.2. The number of nitrogens with one attached hydrogen (secondary N) is 1. The summed E-state index contributed by atoms with van der Waals surface area (Å²) in [4.78, 5) is 14.5. The molecule has 0 bridgehead atoms. The summed E-state index contributed by atoms with van der Waals surface area (Å²) in [6, 6.07) is 0.0484. The Kier molecular flexibility index (Phi) is 3.57. The van der Waals surface area contributed by atoms with Crippen LogP contribution in [0.25, 0.3) is 0 Å². The molecule has 3 rings (SSSR count). The number of rotatable bonds is 3. The fourth-order valence-corrected chi connectivity index (χ4v) is 3.70. The van der Waals surface area contributed by atoms with E-state index in [-0.39, 0.29) is 29.2 Å². The van der Waals surface area contributed by atoms with E-state index in [0.29, 0.717) is 0 Å². The van der Waals surface area contributed by atoms with Gasteiger partial charge >= 0.3 is 0 Å². The van der Waals surface area contributed by atoms with E-state index in [1.807, 2.05) is 18.1 Å². The van der Waals surface area contributed by atoms with Crippen LogP contribution in [0.2, 0.25) is 0 Å². The Bertz CT molecular complexity index is 578. The number of hydrogen-bond acceptors (Lipinski definition) is 4. The molecule has 2 aliphatic heterocycles. The molecule has 1 aromatic rings. The predicted molar refractivity (Wildman–Crippen MR) is 84.7 cm³/mol. The average molecular weight is 306 g/mol. The van der Waals surface area contributed by atoms with Crippen LogP contribution in [-0.4, -0.2) is 45.5 Å². The van der Waals surface area contributed by atoms with E-state index >= 15 is 0 Å². The molecule has 0 aliphatic carbocycles. The highest BCUT2D eigenvalue weighted by Crippen LogP contribution is 2.38. The largest absolute Gasteiger partial charge is 0.368 e. The summed E-state index contributed by atoms with van der Waals surface area (Å²) >= 11 is 0. The van der Waals surface area contributed by atoms with Gasteiger partial charge in [0.2, 0.25) is 5.91 Å². The summed E-state index contributed by atoms with van der Waals surface area (Å²) in [5.74, 6) is 0.133. The number of anilines is 1. The van der Waals surface area contributed by atoms with Crippen LogP contribution in [-0.2, 0) is 16.6 Å². The fraction of sp³-hybridized carbons (Fsp3) is 0.750. The summed E-state index contributed by atoms with van der Waals surface area (Å²) in [5, 5.41) is 7.69. The van der Waals surface area contributed by atoms with Crippen LogP contribution in [0.1, 0.15) is 40.5 Å². The molecule has 122 valence electrons. The lowest BCUT2D eigenvalue weighted by Gasteiger charge is -2.29. The Morgan fingerprint density at radius 1 is 1.36 bits per heavy atom. The van der Waals surface area contributed by atoms with Gasteiger partial charge in [0, 0.05) is 25.8 Å². The Labute approximate surface area is 131 Å². The molecule has 2 aliphatic rings. The summed E-state index contributed by atoms with van der Waals surface area (Å²) in [5.41, 5.74) is 0.469. The lowest BCUT2D eigenvalue weighted by molar-refractivity contribution is -0.119. The van der Waals surface area contributed by atoms with Crippen molar-refractivity contribution in [2.45, 2.75) is 63.8 Å². The van der Waals surface area contributed by atoms with Gasteiger partial charge in [-0.1, -0.05) is 0 Å². The lowest BCUT2D eigenvalue weighted by atomic mass is 9.93. The minimum Gasteiger partial charge on any atom is -0.368 e. The summed E-state index contributed by atoms with van der Waals surface area (Å²) < 4.78 is 7.83. The van der Waals surface area contributed by atoms with Crippen molar-refractivity contribution < 1.29 is 9.53 Å². The molecule has 0 radical (unpaired) electrons. The number of amides is 1. The molecule has 1 N–H and O–H groups in total. The van der Waals surface area contributed by atoms with Gasteiger partial charge in [-0.05, 0) is 40.5 Å². The van der Waals surface area contributed by atoms with Crippen molar-refractivity contribution in [1.29, 1.82) is 0 Å². The van der Waals surface area contributed by atoms with Crippen molar-refractivity contribution in [3.63, 3.8) is 0 Å². The molecule has 2 atom stereocenters. The summed E-state index contributed by atoms with van der Waals surface area (Å²) in [6.45, 7) is 9.14. The van der Waals surface area contributed by atoms with E-state index in [4.69, 9.17) is 4.74 Å². The summed E-state index contributed by atoms with van der Waals surface area (Å²) in [7, 11) is 1.86. The average Bonchev–Trinajstić information content (AvgIpc) is 2.99. The van der Waals surface area contributed by atoms with Gasteiger partial charge in [-0.25, -0.2) is 0 Å². The molecule has 22 heavy (non-hydrogen) atoms. The van der Waals surface area contributed by atoms with Gasteiger partial charge in [0.15, 0.2) is 0 Å². The molecule has 0 unspecified atom stereocenters. The minimum atomic E-state index is -0.258. The van der Waals surface area contributed by atoms with Crippen LogP contribution >= 0.6 is 0 Å². The number of hydrogen-bond donors (Lipinski definition) is 1. The van der Waals surface area contributed by atoms with Gasteiger partial charge in [0.05, 0.1) is 29.1 Å². The first-order valence-corrected chi connectivity index (χ1v) is 7.94. The second-order valence-corrected chi connectivity index (χ2v) is 7.59. The lowest BCUT2D eigenvalue weighted by Crippen LogP contribution is -2.50. The maximum atomic E-state index is 12.7. The molecule has 6 nitrogen and oxygen atoms in total. The SMILES string of the molecule is Cn1cc(N2CC[C@@H](N[C@H]3CC(C)(C)OC3(C)C)C2=O)cn1. The first kappa shape index (κ1) is 15.5. The second-order valence-electron chi connectivity index (χ2n) is 7.59. The van der Waals surface area contributed by atoms with Crippen LogP contribution in [0, 0.1) is 0 Å². The molecule has 3 heterocycles. The Morgan fingerprint density at radius 2 is 2.09 bits per heavy atom. The fourth-order valence-electron chi connectivity index (χ4n) is 3.70. The van der Waals surface area contributed by atoms with Crippen LogP contribution in [0.15, 0.2) is 12.4 Å². The Balaban J connectivity index is 1.69. The van der Waals surface area contributed by atoms with Gasteiger partial charge in [-0.2, -0.15) is 5.10 Å². The molecule has 1 amide bonds. The van der Waals surface area contributed by atoms with E-state index in [1.54, 1.807) is 10.9 Å². The third-order valence-corrected chi connectivity index (χ3v) is 4.69. The Hall–Kier alpha value is -1.40. The maximum Gasteiger partial charge on any atom is 0.244 e. The monoisotopic (exact) mass is 306 g/mol. The van der Waals surface area contributed by atoms with Crippen LogP contribution in [0.4, 0.5) is 5.69 Å². The number of aromatic nitrogens is 2. The topological polar surface area (TPSA) is 59.4 Å². The molecular formula is C16H26N4O2. The number of carbonyl (C=O) groups is 1. The molecule has 0 aromatic carbocycles. The van der Waals surface area contributed by atoms with Crippen molar-refractivity contribution in [3.8, 4) is 0 Å². The number of aryl methyl sites for hydroxylation is 1. The quantitative estimate of drug-likeness (QED) is 0.918. The van der Waals surface area contributed by atoms with E-state index in [2.05, 4.69) is 38.1 Å². The van der Waals surface area contributed by atoms with Crippen molar-refractivity contribution >= 4 is 11.6 Å². The highest BCUT2D eigenvalue weighted by molar-refractivity contribution is 5.99. The zero-order valence-corrected chi connectivity index (χ0v) is 14.1.